The summed E-state index contributed by atoms with van der Waals surface area (Å²) in [6, 6.07) is 14.6. The minimum atomic E-state index is -3.73. The molecular weight excluding hydrogens is 346 g/mol. The van der Waals surface area contributed by atoms with Gasteiger partial charge in [-0.15, -0.1) is 0 Å². The van der Waals surface area contributed by atoms with Crippen LogP contribution in [0.15, 0.2) is 59.5 Å². The summed E-state index contributed by atoms with van der Waals surface area (Å²) in [6.07, 6.45) is -0.739. The Morgan fingerprint density at radius 1 is 1.00 bits per heavy atom. The molecule has 0 saturated carbocycles. The standard InChI is InChI=1S/C17H19NO6S/c1-13(24-15-5-3-2-4-6-15)17(19)23-12-11-22-14-7-9-16(10-8-14)25(18,20)21/h2-10,13H,11-12H2,1H3,(H2,18,20,21). The van der Waals surface area contributed by atoms with Gasteiger partial charge in [0.1, 0.15) is 24.7 Å². The highest BCUT2D eigenvalue weighted by Gasteiger charge is 2.16. The van der Waals surface area contributed by atoms with E-state index in [1.54, 1.807) is 19.1 Å². The molecule has 134 valence electrons. The topological polar surface area (TPSA) is 105 Å². The van der Waals surface area contributed by atoms with Gasteiger partial charge in [0.15, 0.2) is 6.10 Å². The highest BCUT2D eigenvalue weighted by atomic mass is 32.2. The predicted molar refractivity (Wildman–Crippen MR) is 90.8 cm³/mol. The Labute approximate surface area is 146 Å². The predicted octanol–water partition coefficient (Wildman–Crippen LogP) is 1.72. The molecule has 0 aliphatic carbocycles. The number of primary sulfonamides is 1. The van der Waals surface area contributed by atoms with Gasteiger partial charge in [-0.3, -0.25) is 0 Å². The number of nitrogens with two attached hydrogens (primary N) is 1. The van der Waals surface area contributed by atoms with E-state index in [4.69, 9.17) is 19.3 Å². The lowest BCUT2D eigenvalue weighted by atomic mass is 10.3. The highest BCUT2D eigenvalue weighted by molar-refractivity contribution is 7.89. The molecule has 1 unspecified atom stereocenters. The van der Waals surface area contributed by atoms with E-state index in [-0.39, 0.29) is 18.1 Å². The third kappa shape index (κ3) is 6.09. The Morgan fingerprint density at radius 3 is 2.24 bits per heavy atom. The van der Waals surface area contributed by atoms with Crippen LogP contribution in [0.25, 0.3) is 0 Å². The van der Waals surface area contributed by atoms with Crippen molar-refractivity contribution in [3.8, 4) is 11.5 Å². The molecule has 2 aromatic carbocycles. The molecule has 1 atom stereocenters. The number of para-hydroxylation sites is 1. The summed E-state index contributed by atoms with van der Waals surface area (Å²) in [7, 11) is -3.73. The number of rotatable bonds is 8. The van der Waals surface area contributed by atoms with Gasteiger partial charge in [0.25, 0.3) is 0 Å². The van der Waals surface area contributed by atoms with E-state index in [9.17, 15) is 13.2 Å². The van der Waals surface area contributed by atoms with Crippen molar-refractivity contribution in [1.82, 2.24) is 0 Å². The van der Waals surface area contributed by atoms with Crippen LogP contribution < -0.4 is 14.6 Å². The van der Waals surface area contributed by atoms with Crippen molar-refractivity contribution in [3.05, 3.63) is 54.6 Å². The van der Waals surface area contributed by atoms with Crippen LogP contribution in [-0.2, 0) is 19.6 Å². The number of esters is 1. The first-order valence-electron chi connectivity index (χ1n) is 7.50. The average molecular weight is 365 g/mol. The molecule has 0 fully saturated rings. The first kappa shape index (κ1) is 18.8. The summed E-state index contributed by atoms with van der Waals surface area (Å²) in [6.45, 7) is 1.76. The normalized spacial score (nSPS) is 12.2. The van der Waals surface area contributed by atoms with Gasteiger partial charge in [0.05, 0.1) is 4.90 Å². The molecule has 8 heteroatoms. The van der Waals surface area contributed by atoms with Gasteiger partial charge in [-0.1, -0.05) is 18.2 Å². The molecule has 2 rings (SSSR count). The van der Waals surface area contributed by atoms with Crippen molar-refractivity contribution < 1.29 is 27.4 Å². The first-order valence-corrected chi connectivity index (χ1v) is 9.05. The second kappa shape index (κ2) is 8.50. The van der Waals surface area contributed by atoms with Crippen molar-refractivity contribution in [2.24, 2.45) is 5.14 Å². The molecule has 0 aromatic heterocycles. The molecule has 2 N–H and O–H groups in total. The van der Waals surface area contributed by atoms with E-state index in [2.05, 4.69) is 0 Å². The van der Waals surface area contributed by atoms with Gasteiger partial charge in [-0.05, 0) is 43.3 Å². The number of carbonyl (C=O) groups excluding carboxylic acids is 1. The van der Waals surface area contributed by atoms with Crippen LogP contribution >= 0.6 is 0 Å². The van der Waals surface area contributed by atoms with Crippen LogP contribution in [0.5, 0.6) is 11.5 Å². The van der Waals surface area contributed by atoms with Gasteiger partial charge in [0.2, 0.25) is 10.0 Å². The molecule has 2 aromatic rings. The number of carbonyl (C=O) groups is 1. The SMILES string of the molecule is CC(Oc1ccccc1)C(=O)OCCOc1ccc(S(N)(=O)=O)cc1. The maximum atomic E-state index is 11.8. The van der Waals surface area contributed by atoms with Gasteiger partial charge in [-0.25, -0.2) is 18.4 Å². The van der Waals surface area contributed by atoms with Gasteiger partial charge in [0, 0.05) is 0 Å². The molecular formula is C17H19NO6S. The lowest BCUT2D eigenvalue weighted by molar-refractivity contribution is -0.151. The van der Waals surface area contributed by atoms with Crippen LogP contribution in [0.3, 0.4) is 0 Å². The van der Waals surface area contributed by atoms with Gasteiger partial charge >= 0.3 is 5.97 Å². The van der Waals surface area contributed by atoms with Crippen LogP contribution in [0.4, 0.5) is 0 Å². The molecule has 7 nitrogen and oxygen atoms in total. The lowest BCUT2D eigenvalue weighted by Crippen LogP contribution is -2.27. The number of hydrogen-bond donors (Lipinski definition) is 1. The Balaban J connectivity index is 1.72. The molecule has 0 aliphatic heterocycles. The van der Waals surface area contributed by atoms with Gasteiger partial charge < -0.3 is 14.2 Å². The molecule has 0 heterocycles. The minimum absolute atomic E-state index is 0.00170. The molecule has 0 amide bonds. The Kier molecular flexibility index (Phi) is 6.37. The largest absolute Gasteiger partial charge is 0.490 e. The molecule has 0 saturated heterocycles. The summed E-state index contributed by atoms with van der Waals surface area (Å²) in [5.41, 5.74) is 0. The fourth-order valence-electron chi connectivity index (χ4n) is 1.90. The van der Waals surface area contributed by atoms with Crippen LogP contribution in [0.1, 0.15) is 6.92 Å². The summed E-state index contributed by atoms with van der Waals surface area (Å²) in [4.78, 5) is 11.8. The Hall–Kier alpha value is -2.58. The summed E-state index contributed by atoms with van der Waals surface area (Å²) in [5.74, 6) is 0.521. The van der Waals surface area contributed by atoms with E-state index in [0.29, 0.717) is 11.5 Å². The Bertz CT molecular complexity index is 790. The number of benzene rings is 2. The van der Waals surface area contributed by atoms with Crippen molar-refractivity contribution >= 4 is 16.0 Å². The summed E-state index contributed by atoms with van der Waals surface area (Å²) < 4.78 is 38.2. The van der Waals surface area contributed by atoms with Crippen LogP contribution in [-0.4, -0.2) is 33.7 Å². The minimum Gasteiger partial charge on any atom is -0.490 e. The quantitative estimate of drug-likeness (QED) is 0.564. The third-order valence-electron chi connectivity index (χ3n) is 3.14. The fraction of sp³-hybridized carbons (Fsp3) is 0.235. The van der Waals surface area contributed by atoms with Crippen molar-refractivity contribution in [2.45, 2.75) is 17.9 Å². The van der Waals surface area contributed by atoms with Crippen molar-refractivity contribution in [2.75, 3.05) is 13.2 Å². The smallest absolute Gasteiger partial charge is 0.347 e. The van der Waals surface area contributed by atoms with E-state index in [1.165, 1.54) is 24.3 Å². The number of hydrogen-bond acceptors (Lipinski definition) is 6. The van der Waals surface area contributed by atoms with E-state index in [0.717, 1.165) is 0 Å². The molecule has 0 spiro atoms. The number of ether oxygens (including phenoxy) is 3. The zero-order valence-corrected chi connectivity index (χ0v) is 14.4. The maximum absolute atomic E-state index is 11.8. The lowest BCUT2D eigenvalue weighted by Gasteiger charge is -2.14. The summed E-state index contributed by atoms with van der Waals surface area (Å²) in [5, 5.41) is 5.01. The van der Waals surface area contributed by atoms with Crippen molar-refractivity contribution in [3.63, 3.8) is 0 Å². The average Bonchev–Trinajstić information content (AvgIpc) is 2.59. The zero-order valence-electron chi connectivity index (χ0n) is 13.6. The van der Waals surface area contributed by atoms with Crippen LogP contribution in [0, 0.1) is 0 Å². The zero-order chi connectivity index (χ0) is 18.3. The molecule has 0 radical (unpaired) electrons. The second-order valence-electron chi connectivity index (χ2n) is 5.11. The third-order valence-corrected chi connectivity index (χ3v) is 4.07. The molecule has 25 heavy (non-hydrogen) atoms. The Morgan fingerprint density at radius 2 is 1.64 bits per heavy atom. The first-order chi connectivity index (χ1) is 11.9. The fourth-order valence-corrected chi connectivity index (χ4v) is 2.41. The molecule has 0 bridgehead atoms. The molecule has 0 aliphatic rings. The highest BCUT2D eigenvalue weighted by Crippen LogP contribution is 2.15. The monoisotopic (exact) mass is 365 g/mol. The van der Waals surface area contributed by atoms with Crippen LogP contribution in [0.2, 0.25) is 0 Å². The maximum Gasteiger partial charge on any atom is 0.347 e. The summed E-state index contributed by atoms with van der Waals surface area (Å²) >= 11 is 0. The number of sulfonamides is 1. The van der Waals surface area contributed by atoms with Crippen molar-refractivity contribution in [1.29, 1.82) is 0 Å². The van der Waals surface area contributed by atoms with E-state index in [1.807, 2.05) is 18.2 Å². The van der Waals surface area contributed by atoms with Gasteiger partial charge in [-0.2, -0.15) is 0 Å². The van der Waals surface area contributed by atoms with E-state index >= 15 is 0 Å². The van der Waals surface area contributed by atoms with E-state index < -0.39 is 22.1 Å². The second-order valence-corrected chi connectivity index (χ2v) is 6.67.